The van der Waals surface area contributed by atoms with Gasteiger partial charge in [0, 0.05) is 5.56 Å². The van der Waals surface area contributed by atoms with Crippen molar-refractivity contribution in [3.05, 3.63) is 67.9 Å². The summed E-state index contributed by atoms with van der Waals surface area (Å²) in [5, 5.41) is 4.31. The van der Waals surface area contributed by atoms with Gasteiger partial charge in [0.05, 0.1) is 20.6 Å². The monoisotopic (exact) mass is 389 g/mol. The van der Waals surface area contributed by atoms with Crippen molar-refractivity contribution in [2.45, 2.75) is 19.4 Å². The van der Waals surface area contributed by atoms with Crippen molar-refractivity contribution in [3.63, 3.8) is 0 Å². The molecule has 5 heteroatoms. The van der Waals surface area contributed by atoms with Gasteiger partial charge in [-0.3, -0.25) is 0 Å². The van der Waals surface area contributed by atoms with E-state index >= 15 is 0 Å². The zero-order chi connectivity index (χ0) is 15.4. The maximum atomic E-state index is 14.4. The molecule has 0 radical (unpaired) electrons. The Kier molecular flexibility index (Phi) is 6.06. The Bertz CT molecular complexity index is 634. The Morgan fingerprint density at radius 1 is 1.19 bits per heavy atom. The molecule has 0 aliphatic rings. The van der Waals surface area contributed by atoms with Gasteiger partial charge in [-0.1, -0.05) is 48.3 Å². The molecule has 2 aromatic carbocycles. The van der Waals surface area contributed by atoms with Crippen LogP contribution < -0.4 is 5.32 Å². The molecule has 1 atom stereocenters. The molecule has 0 saturated carbocycles. The minimum Gasteiger partial charge on any atom is -0.306 e. The van der Waals surface area contributed by atoms with E-state index < -0.39 is 0 Å². The molecule has 0 amide bonds. The van der Waals surface area contributed by atoms with Gasteiger partial charge in [-0.25, -0.2) is 4.39 Å². The van der Waals surface area contributed by atoms with E-state index in [1.54, 1.807) is 24.3 Å². The van der Waals surface area contributed by atoms with Crippen molar-refractivity contribution in [2.24, 2.45) is 0 Å². The summed E-state index contributed by atoms with van der Waals surface area (Å²) in [4.78, 5) is 0. The molecule has 0 bridgehead atoms. The molecule has 2 rings (SSSR count). The van der Waals surface area contributed by atoms with Gasteiger partial charge in [-0.05, 0) is 52.7 Å². The molecule has 2 aromatic rings. The average molecular weight is 391 g/mol. The lowest BCUT2D eigenvalue weighted by atomic mass is 9.98. The molecule has 1 unspecified atom stereocenters. The van der Waals surface area contributed by atoms with Crippen molar-refractivity contribution in [2.75, 3.05) is 6.54 Å². The number of hydrogen-bond acceptors (Lipinski definition) is 1. The van der Waals surface area contributed by atoms with E-state index in [2.05, 4.69) is 28.2 Å². The summed E-state index contributed by atoms with van der Waals surface area (Å²) in [7, 11) is 0. The zero-order valence-corrected chi connectivity index (χ0v) is 14.6. The Morgan fingerprint density at radius 2 is 1.95 bits per heavy atom. The summed E-state index contributed by atoms with van der Waals surface area (Å²) in [5.74, 6) is -0.267. The molecule has 21 heavy (non-hydrogen) atoms. The fourth-order valence-electron chi connectivity index (χ4n) is 2.13. The van der Waals surface area contributed by atoms with Crippen LogP contribution in [-0.2, 0) is 0 Å². The average Bonchev–Trinajstić information content (AvgIpc) is 2.47. The van der Waals surface area contributed by atoms with E-state index in [1.165, 1.54) is 0 Å². The van der Waals surface area contributed by atoms with E-state index in [1.807, 2.05) is 12.1 Å². The Balaban J connectivity index is 2.47. The van der Waals surface area contributed by atoms with Crippen LogP contribution in [-0.4, -0.2) is 6.54 Å². The van der Waals surface area contributed by atoms with Gasteiger partial charge >= 0.3 is 0 Å². The molecule has 0 aromatic heterocycles. The first kappa shape index (κ1) is 16.8. The van der Waals surface area contributed by atoms with Crippen LogP contribution in [0.1, 0.15) is 30.5 Å². The van der Waals surface area contributed by atoms with Crippen LogP contribution in [0.5, 0.6) is 0 Å². The molecular formula is C16H15BrCl2FN. The number of hydrogen-bond donors (Lipinski definition) is 1. The van der Waals surface area contributed by atoms with Crippen LogP contribution in [0.4, 0.5) is 4.39 Å². The van der Waals surface area contributed by atoms with Gasteiger partial charge in [0.25, 0.3) is 0 Å². The van der Waals surface area contributed by atoms with E-state index in [9.17, 15) is 4.39 Å². The topological polar surface area (TPSA) is 12.0 Å². The van der Waals surface area contributed by atoms with Crippen LogP contribution in [0.15, 0.2) is 40.9 Å². The second-order valence-corrected chi connectivity index (χ2v) is 6.37. The van der Waals surface area contributed by atoms with E-state index in [0.717, 1.165) is 18.5 Å². The molecular weight excluding hydrogens is 376 g/mol. The molecule has 0 heterocycles. The lowest BCUT2D eigenvalue weighted by Gasteiger charge is -2.21. The fraction of sp³-hybridized carbons (Fsp3) is 0.250. The SMILES string of the molecule is CCCNC(c1ccc(Cl)c(Cl)c1)c1cccc(Br)c1F. The summed E-state index contributed by atoms with van der Waals surface area (Å²) in [6, 6.07) is 10.4. The third-order valence-corrected chi connectivity index (χ3v) is 4.52. The molecule has 0 saturated heterocycles. The highest BCUT2D eigenvalue weighted by Gasteiger charge is 2.19. The Morgan fingerprint density at radius 3 is 2.62 bits per heavy atom. The largest absolute Gasteiger partial charge is 0.306 e. The number of halogens is 4. The number of nitrogens with one attached hydrogen (secondary N) is 1. The van der Waals surface area contributed by atoms with Crippen molar-refractivity contribution < 1.29 is 4.39 Å². The minimum atomic E-state index is -0.267. The first-order chi connectivity index (χ1) is 10.0. The third kappa shape index (κ3) is 3.98. The third-order valence-electron chi connectivity index (χ3n) is 3.17. The van der Waals surface area contributed by atoms with Gasteiger partial charge < -0.3 is 5.32 Å². The number of benzene rings is 2. The van der Waals surface area contributed by atoms with Gasteiger partial charge in [-0.15, -0.1) is 0 Å². The first-order valence-corrected chi connectivity index (χ1v) is 8.21. The molecule has 0 aliphatic carbocycles. The highest BCUT2D eigenvalue weighted by Crippen LogP contribution is 2.31. The maximum absolute atomic E-state index is 14.4. The van der Waals surface area contributed by atoms with Crippen molar-refractivity contribution in [3.8, 4) is 0 Å². The zero-order valence-electron chi connectivity index (χ0n) is 11.5. The minimum absolute atomic E-state index is 0.266. The van der Waals surface area contributed by atoms with Gasteiger partial charge in [0.2, 0.25) is 0 Å². The second kappa shape index (κ2) is 7.59. The molecule has 0 aliphatic heterocycles. The van der Waals surface area contributed by atoms with E-state index in [0.29, 0.717) is 20.1 Å². The molecule has 1 nitrogen and oxygen atoms in total. The predicted molar refractivity (Wildman–Crippen MR) is 90.7 cm³/mol. The van der Waals surface area contributed by atoms with Crippen molar-refractivity contribution >= 4 is 39.1 Å². The highest BCUT2D eigenvalue weighted by molar-refractivity contribution is 9.10. The Hall–Kier alpha value is -0.610. The number of rotatable bonds is 5. The van der Waals surface area contributed by atoms with E-state index in [4.69, 9.17) is 23.2 Å². The lowest BCUT2D eigenvalue weighted by Crippen LogP contribution is -2.24. The van der Waals surface area contributed by atoms with Gasteiger partial charge in [-0.2, -0.15) is 0 Å². The quantitative estimate of drug-likeness (QED) is 0.661. The van der Waals surface area contributed by atoms with Crippen LogP contribution in [0.2, 0.25) is 10.0 Å². The summed E-state index contributed by atoms with van der Waals surface area (Å²) < 4.78 is 14.8. The lowest BCUT2D eigenvalue weighted by molar-refractivity contribution is 0.543. The molecule has 112 valence electrons. The first-order valence-electron chi connectivity index (χ1n) is 6.66. The standard InChI is InChI=1S/C16H15BrCl2FN/c1-2-8-21-16(10-6-7-13(18)14(19)9-10)11-4-3-5-12(17)15(11)20/h3-7,9,16,21H,2,8H2,1H3. The summed E-state index contributed by atoms with van der Waals surface area (Å²) in [6.07, 6.45) is 0.952. The normalized spacial score (nSPS) is 12.4. The van der Waals surface area contributed by atoms with Crippen LogP contribution in [0.25, 0.3) is 0 Å². The van der Waals surface area contributed by atoms with Crippen LogP contribution >= 0.6 is 39.1 Å². The van der Waals surface area contributed by atoms with Gasteiger partial charge in [0.1, 0.15) is 5.82 Å². The maximum Gasteiger partial charge on any atom is 0.142 e. The fourth-order valence-corrected chi connectivity index (χ4v) is 2.82. The highest BCUT2D eigenvalue weighted by atomic mass is 79.9. The second-order valence-electron chi connectivity index (χ2n) is 4.70. The van der Waals surface area contributed by atoms with Crippen molar-refractivity contribution in [1.82, 2.24) is 5.32 Å². The van der Waals surface area contributed by atoms with Crippen molar-refractivity contribution in [1.29, 1.82) is 0 Å². The molecule has 0 spiro atoms. The smallest absolute Gasteiger partial charge is 0.142 e. The summed E-state index contributed by atoms with van der Waals surface area (Å²) in [5.41, 5.74) is 1.46. The van der Waals surface area contributed by atoms with Crippen LogP contribution in [0.3, 0.4) is 0 Å². The molecule has 0 fully saturated rings. The summed E-state index contributed by atoms with van der Waals surface area (Å²) in [6.45, 7) is 2.84. The van der Waals surface area contributed by atoms with E-state index in [-0.39, 0.29) is 11.9 Å². The van der Waals surface area contributed by atoms with Gasteiger partial charge in [0.15, 0.2) is 0 Å². The Labute approximate surface area is 142 Å². The molecule has 1 N–H and O–H groups in total. The predicted octanol–water partition coefficient (Wildman–Crippen LogP) is 5.98. The summed E-state index contributed by atoms with van der Waals surface area (Å²) >= 11 is 15.3. The van der Waals surface area contributed by atoms with Crippen LogP contribution in [0, 0.1) is 5.82 Å².